The number of nitrogens with one attached hydrogen (secondary N) is 3. The van der Waals surface area contributed by atoms with Crippen LogP contribution in [0.15, 0.2) is 105 Å². The number of fused-ring (bicyclic) bond motifs is 6. The molecule has 694 valence electrons. The fraction of sp³-hybridized carbons (Fsp3) is 0.500. The molecule has 4 N–H and O–H groups in total. The van der Waals surface area contributed by atoms with E-state index in [1.807, 2.05) is 22.8 Å². The number of aromatic hydroxyl groups is 1. The lowest BCUT2D eigenvalue weighted by Gasteiger charge is -2.38. The maximum atomic E-state index is 12.2. The number of piperidine rings is 1. The summed E-state index contributed by atoms with van der Waals surface area (Å²) in [6.45, 7) is 46.9. The van der Waals surface area contributed by atoms with Crippen LogP contribution in [0.2, 0.25) is 0 Å². The first-order valence-corrected chi connectivity index (χ1v) is 45.9. The first-order chi connectivity index (χ1) is 63.4. The van der Waals surface area contributed by atoms with E-state index in [4.69, 9.17) is 67.8 Å². The summed E-state index contributed by atoms with van der Waals surface area (Å²) >= 11 is 0. The zero-order valence-corrected chi connectivity index (χ0v) is 76.1. The molecular weight excluding hydrogens is 1660 g/mol. The Hall–Kier alpha value is -12.1. The zero-order chi connectivity index (χ0) is 90.6. The highest BCUT2D eigenvalue weighted by molar-refractivity contribution is 5.97. The van der Waals surface area contributed by atoms with Gasteiger partial charge in [-0.3, -0.25) is 24.3 Å². The predicted molar refractivity (Wildman–Crippen MR) is 502 cm³/mol. The van der Waals surface area contributed by atoms with E-state index in [0.717, 1.165) is 307 Å². The molecule has 130 heavy (non-hydrogen) atoms. The Balaban J connectivity index is 0.000000143. The maximum Gasteiger partial charge on any atom is 0.338 e. The second-order valence-corrected chi connectivity index (χ2v) is 34.0. The van der Waals surface area contributed by atoms with Gasteiger partial charge in [0.25, 0.3) is 0 Å². The summed E-state index contributed by atoms with van der Waals surface area (Å²) in [6, 6.07) is 19.7. The number of carbonyl (C=O) groups is 4. The van der Waals surface area contributed by atoms with Gasteiger partial charge >= 0.3 is 30.0 Å². The van der Waals surface area contributed by atoms with Crippen molar-refractivity contribution in [2.75, 3.05) is 247 Å². The maximum absolute atomic E-state index is 12.2. The molecule has 0 atom stereocenters. The number of aromatic amines is 3. The number of piperazine rings is 2. The molecule has 18 rings (SSSR count). The molecule has 0 saturated carbocycles. The fourth-order valence-electron chi connectivity index (χ4n) is 18.4. The lowest BCUT2D eigenvalue weighted by molar-refractivity contribution is -0.152. The number of amides is 2. The number of carbonyl (C=O) groups excluding carboxylic acids is 4. The first-order valence-electron chi connectivity index (χ1n) is 45.9. The van der Waals surface area contributed by atoms with Gasteiger partial charge in [-0.2, -0.15) is 29.9 Å². The topological polar surface area (TPSA) is 332 Å². The third-order valence-electron chi connectivity index (χ3n) is 25.2. The number of morpholine rings is 3. The Morgan fingerprint density at radius 1 is 0.392 bits per heavy atom. The van der Waals surface area contributed by atoms with Crippen molar-refractivity contribution in [2.24, 2.45) is 0 Å². The smallest absolute Gasteiger partial charge is 0.338 e. The quantitative estimate of drug-likeness (QED) is 0.0161. The minimum Gasteiger partial charge on any atom is -0.508 e. The number of hydrogen-bond acceptors (Lipinski definition) is 29. The van der Waals surface area contributed by atoms with Gasteiger partial charge in [-0.15, -0.1) is 0 Å². The number of benzene rings is 3. The molecule has 0 spiro atoms. The van der Waals surface area contributed by atoms with E-state index < -0.39 is 11.9 Å². The second kappa shape index (κ2) is 44.5. The van der Waals surface area contributed by atoms with Gasteiger partial charge in [0.15, 0.2) is 0 Å². The molecule has 6 fully saturated rings. The van der Waals surface area contributed by atoms with Crippen LogP contribution in [0.3, 0.4) is 0 Å². The van der Waals surface area contributed by atoms with Crippen molar-refractivity contribution in [3.05, 3.63) is 156 Å². The molecule has 3 aromatic carbocycles. The molecule has 9 aromatic rings. The number of nitrogens with zero attached hydrogens (tertiary/aromatic N) is 17. The normalized spacial score (nSPS) is 17.4. The molecule has 34 nitrogen and oxygen atoms in total. The molecule has 0 aliphatic carbocycles. The molecule has 2 amide bonds. The molecule has 0 unspecified atom stereocenters. The van der Waals surface area contributed by atoms with Crippen molar-refractivity contribution in [3.8, 4) is 35.3 Å². The number of ether oxygens (including phenoxy) is 9. The highest BCUT2D eigenvalue weighted by Crippen LogP contribution is 2.42. The summed E-state index contributed by atoms with van der Waals surface area (Å²) in [5.74, 6) is 3.29. The Morgan fingerprint density at radius 3 is 1.05 bits per heavy atom. The van der Waals surface area contributed by atoms with Crippen molar-refractivity contribution in [1.82, 2.24) is 69.4 Å². The van der Waals surface area contributed by atoms with Crippen molar-refractivity contribution in [1.29, 1.82) is 0 Å². The van der Waals surface area contributed by atoms with Crippen LogP contribution in [-0.4, -0.2) is 316 Å². The predicted octanol–water partition coefficient (Wildman–Crippen LogP) is 9.60. The van der Waals surface area contributed by atoms with E-state index >= 15 is 0 Å². The molecule has 9 aliphatic rings. The van der Waals surface area contributed by atoms with Gasteiger partial charge in [-0.05, 0) is 127 Å². The molecular formula is C96H126N20O14. The monoisotopic (exact) mass is 1780 g/mol. The van der Waals surface area contributed by atoms with Gasteiger partial charge in [0.1, 0.15) is 34.7 Å². The Bertz CT molecular complexity index is 5420. The SMILES string of the molecule is C=CC(=O)N1CCN(c2nc(OCCCN3CCOCC3)nc3c2CCN(c2cc(O)cc4cc(C)[nH]c24)C3)CC1.C=CC(=O)N1CCN(c2nc(OCCCN3CCOCC3)nc3c2CCN(c2cc(OC)cc4cc(C)[nH]c24)C3)CC1.C=CC(=O)OC(=O)C=C.COc1cc(N2CCc3c(nc(OCCCN4CCOCC4)nc3N3CCCCC3)C2)c2[nH]c(C)cc2c1. The largest absolute Gasteiger partial charge is 0.508 e. The Morgan fingerprint density at radius 2 is 0.723 bits per heavy atom. The van der Waals surface area contributed by atoms with E-state index in [1.165, 1.54) is 42.4 Å². The number of aryl methyl sites for hydroxylation is 3. The van der Waals surface area contributed by atoms with E-state index in [2.05, 4.69) is 146 Å². The average molecular weight is 1780 g/mol. The standard InChI is InChI=1S/C31H41N7O4.C30H39N7O4.C29H40N6O3.C6H6O3/c1-4-28(39)36-9-11-37(12-10-36)30-25-6-8-38(27-20-24(40-3)19-23-18-22(2)32-29(23)27)21-26(25)33-31(34-30)42-15-5-7-35-13-16-41-17-14-35;1-3-27(39)35-8-10-36(11-9-35)29-24-5-7-37(26-19-23(38)18-22-17-21(2)31-28(22)26)20-25(24)32-30(33-29)41-14-4-6-34-12-15-40-16-13-34;1-21-17-22-18-23(36-2)19-26(27(22)30-21)35-11-7-24-25(20-35)31-29(32-28(24)34-9-4-3-5-10-34)38-14-6-8-33-12-15-37-16-13-33;1-3-5(7)9-6(8)4-2/h4,18-20,32H,1,5-17,21H2,2-3H3;3,17-19,31,38H,1,4-16,20H2,2H3;17-19,30H,3-16,20H2,1-2H3;3-4H,1-2H2. The molecule has 6 saturated heterocycles. The Labute approximate surface area is 760 Å². The van der Waals surface area contributed by atoms with Crippen LogP contribution in [0, 0.1) is 20.8 Å². The minimum atomic E-state index is -0.764. The van der Waals surface area contributed by atoms with Gasteiger partial charge in [0.05, 0.1) is 144 Å². The number of hydrogen-bond donors (Lipinski definition) is 4. The molecule has 9 aliphatic heterocycles. The molecule has 0 bridgehead atoms. The first kappa shape index (κ1) is 92.6. The zero-order valence-electron chi connectivity index (χ0n) is 76.1. The number of rotatable bonds is 27. The lowest BCUT2D eigenvalue weighted by Crippen LogP contribution is -2.49. The minimum absolute atomic E-state index is 0.0246. The van der Waals surface area contributed by atoms with Gasteiger partial charge in [-0.1, -0.05) is 26.3 Å². The number of anilines is 6. The summed E-state index contributed by atoms with van der Waals surface area (Å²) < 4.78 is 50.3. The van der Waals surface area contributed by atoms with Crippen molar-refractivity contribution >= 4 is 91.0 Å². The number of aromatic nitrogens is 9. The molecule has 34 heteroatoms. The van der Waals surface area contributed by atoms with Crippen LogP contribution in [0.1, 0.15) is 89.4 Å². The lowest BCUT2D eigenvalue weighted by atomic mass is 10.0. The number of phenolic OH excluding ortho intramolecular Hbond substituents is 1. The Kier molecular flexibility index (Phi) is 31.7. The third-order valence-corrected chi connectivity index (χ3v) is 25.2. The number of esters is 2. The van der Waals surface area contributed by atoms with Gasteiger partial charge in [0.2, 0.25) is 11.8 Å². The third kappa shape index (κ3) is 23.4. The summed E-state index contributed by atoms with van der Waals surface area (Å²) in [6.07, 6.45) is 13.5. The van der Waals surface area contributed by atoms with E-state index in [0.29, 0.717) is 103 Å². The van der Waals surface area contributed by atoms with E-state index in [1.54, 1.807) is 20.3 Å². The van der Waals surface area contributed by atoms with E-state index in [9.17, 15) is 24.3 Å². The highest BCUT2D eigenvalue weighted by atomic mass is 16.6. The van der Waals surface area contributed by atoms with Crippen LogP contribution < -0.4 is 53.1 Å². The molecule has 15 heterocycles. The van der Waals surface area contributed by atoms with Crippen LogP contribution in [0.25, 0.3) is 32.7 Å². The van der Waals surface area contributed by atoms with Crippen LogP contribution in [0.5, 0.6) is 35.3 Å². The summed E-state index contributed by atoms with van der Waals surface area (Å²) in [5.41, 5.74) is 16.4. The van der Waals surface area contributed by atoms with E-state index in [-0.39, 0.29) is 17.6 Å². The molecule has 0 radical (unpaired) electrons. The van der Waals surface area contributed by atoms with Crippen molar-refractivity contribution in [3.63, 3.8) is 0 Å². The average Bonchev–Trinajstić information content (AvgIpc) is 1.15. The number of H-pyrrole nitrogens is 3. The van der Waals surface area contributed by atoms with Crippen molar-refractivity contribution < 1.29 is 66.9 Å². The van der Waals surface area contributed by atoms with Gasteiger partial charge in [-0.25, -0.2) is 9.59 Å². The summed E-state index contributed by atoms with van der Waals surface area (Å²) in [5, 5.41) is 13.8. The van der Waals surface area contributed by atoms with Crippen molar-refractivity contribution in [2.45, 2.75) is 98.2 Å². The fourth-order valence-corrected chi connectivity index (χ4v) is 18.4. The number of phenols is 1. The summed E-state index contributed by atoms with van der Waals surface area (Å²) in [4.78, 5) is 110. The second-order valence-electron chi connectivity index (χ2n) is 34.0. The van der Waals surface area contributed by atoms with Crippen LogP contribution in [-0.2, 0) is 77.0 Å². The van der Waals surface area contributed by atoms with Gasteiger partial charge in [0, 0.05) is 224 Å². The van der Waals surface area contributed by atoms with Crippen LogP contribution in [0.4, 0.5) is 34.5 Å². The number of methoxy groups -OCH3 is 2. The summed E-state index contributed by atoms with van der Waals surface area (Å²) in [7, 11) is 3.44. The van der Waals surface area contributed by atoms with Crippen LogP contribution >= 0.6 is 0 Å². The van der Waals surface area contributed by atoms with Gasteiger partial charge < -0.3 is 102 Å². The highest BCUT2D eigenvalue weighted by Gasteiger charge is 2.35. The molecule has 6 aromatic heterocycles.